The fraction of sp³-hybridized carbons (Fsp3) is 0.571. The molecule has 0 saturated carbocycles. The largest absolute Gasteiger partial charge is 0.479 e. The first-order valence-electron chi connectivity index (χ1n) is 6.69. The summed E-state index contributed by atoms with van der Waals surface area (Å²) < 4.78 is 0. The van der Waals surface area contributed by atoms with Gasteiger partial charge >= 0.3 is 5.97 Å². The fourth-order valence-corrected chi connectivity index (χ4v) is 3.63. The molecule has 1 saturated heterocycles. The summed E-state index contributed by atoms with van der Waals surface area (Å²) in [6.45, 7) is 4.42. The van der Waals surface area contributed by atoms with Crippen molar-refractivity contribution in [2.24, 2.45) is 0 Å². The number of carboxylic acids is 1. The minimum Gasteiger partial charge on any atom is -0.479 e. The average Bonchev–Trinajstić information content (AvgIpc) is 3.04. The highest BCUT2D eigenvalue weighted by Crippen LogP contribution is 2.35. The first-order valence-corrected chi connectivity index (χ1v) is 7.51. The topological polar surface area (TPSA) is 57.6 Å². The van der Waals surface area contributed by atoms with Gasteiger partial charge in [0, 0.05) is 11.4 Å². The van der Waals surface area contributed by atoms with E-state index in [9.17, 15) is 14.7 Å². The van der Waals surface area contributed by atoms with Gasteiger partial charge in [-0.1, -0.05) is 13.8 Å². The van der Waals surface area contributed by atoms with Crippen molar-refractivity contribution in [1.82, 2.24) is 4.90 Å². The van der Waals surface area contributed by atoms with Crippen LogP contribution in [0.15, 0.2) is 12.1 Å². The van der Waals surface area contributed by atoms with E-state index in [0.717, 1.165) is 17.7 Å². The highest BCUT2D eigenvalue weighted by molar-refractivity contribution is 7.14. The van der Waals surface area contributed by atoms with Gasteiger partial charge in [-0.25, -0.2) is 4.79 Å². The lowest BCUT2D eigenvalue weighted by molar-refractivity contribution is -0.148. The van der Waals surface area contributed by atoms with Crippen LogP contribution in [0.25, 0.3) is 0 Å². The van der Waals surface area contributed by atoms with Gasteiger partial charge in [-0.15, -0.1) is 11.3 Å². The van der Waals surface area contributed by atoms with Crippen molar-refractivity contribution in [2.45, 2.75) is 45.1 Å². The first-order chi connectivity index (χ1) is 9.05. The summed E-state index contributed by atoms with van der Waals surface area (Å²) in [5, 5.41) is 9.49. The average molecular weight is 281 g/mol. The molecule has 0 spiro atoms. The number of carboxylic acid groups (broad SMARTS) is 1. The summed E-state index contributed by atoms with van der Waals surface area (Å²) in [7, 11) is 0. The van der Waals surface area contributed by atoms with Crippen molar-refractivity contribution in [1.29, 1.82) is 0 Å². The quantitative estimate of drug-likeness (QED) is 0.923. The molecular weight excluding hydrogens is 262 g/mol. The third-order valence-electron chi connectivity index (χ3n) is 3.94. The molecule has 0 aromatic carbocycles. The Morgan fingerprint density at radius 1 is 1.42 bits per heavy atom. The molecule has 4 nitrogen and oxygen atoms in total. The number of hydrogen-bond acceptors (Lipinski definition) is 3. The van der Waals surface area contributed by atoms with E-state index in [2.05, 4.69) is 0 Å². The molecule has 1 amide bonds. The third kappa shape index (κ3) is 2.27. The van der Waals surface area contributed by atoms with Crippen LogP contribution in [0, 0.1) is 0 Å². The summed E-state index contributed by atoms with van der Waals surface area (Å²) in [5.74, 6) is -1.01. The molecule has 2 heterocycles. The van der Waals surface area contributed by atoms with Gasteiger partial charge in [0.25, 0.3) is 5.91 Å². The molecule has 1 N–H and O–H groups in total. The van der Waals surface area contributed by atoms with E-state index in [4.69, 9.17) is 0 Å². The predicted octanol–water partition coefficient (Wildman–Crippen LogP) is 2.78. The number of aliphatic carboxylic acids is 1. The standard InChI is InChI=1S/C14H19NO3S/c1-3-10-6-7-11(19-10)12(16)15-9-5-8-14(15,4-2)13(17)18/h6-7H,3-5,8-9H2,1-2H3,(H,17,18). The van der Waals surface area contributed by atoms with Gasteiger partial charge in [-0.3, -0.25) is 4.79 Å². The van der Waals surface area contributed by atoms with Gasteiger partial charge in [0.2, 0.25) is 0 Å². The summed E-state index contributed by atoms with van der Waals surface area (Å²) >= 11 is 1.47. The van der Waals surface area contributed by atoms with E-state index in [1.807, 2.05) is 26.0 Å². The van der Waals surface area contributed by atoms with Crippen molar-refractivity contribution in [3.05, 3.63) is 21.9 Å². The third-order valence-corrected chi connectivity index (χ3v) is 5.16. The van der Waals surface area contributed by atoms with Crippen LogP contribution in [0.1, 0.15) is 47.7 Å². The molecule has 104 valence electrons. The van der Waals surface area contributed by atoms with Crippen LogP contribution in [0.3, 0.4) is 0 Å². The molecule has 2 rings (SSSR count). The summed E-state index contributed by atoms with van der Waals surface area (Å²) in [6.07, 6.45) is 2.67. The smallest absolute Gasteiger partial charge is 0.329 e. The second kappa shape index (κ2) is 5.33. The van der Waals surface area contributed by atoms with Crippen molar-refractivity contribution in [3.63, 3.8) is 0 Å². The van der Waals surface area contributed by atoms with Gasteiger partial charge in [0.05, 0.1) is 4.88 Å². The molecule has 1 fully saturated rings. The number of amides is 1. The Morgan fingerprint density at radius 2 is 2.16 bits per heavy atom. The lowest BCUT2D eigenvalue weighted by Crippen LogP contribution is -2.52. The number of thiophene rings is 1. The van der Waals surface area contributed by atoms with E-state index in [1.54, 1.807) is 4.90 Å². The number of rotatable bonds is 4. The summed E-state index contributed by atoms with van der Waals surface area (Å²) in [5.41, 5.74) is -1.01. The number of likely N-dealkylation sites (tertiary alicyclic amines) is 1. The Morgan fingerprint density at radius 3 is 2.68 bits per heavy atom. The summed E-state index contributed by atoms with van der Waals surface area (Å²) in [4.78, 5) is 27.5. The Kier molecular flexibility index (Phi) is 3.94. The highest BCUT2D eigenvalue weighted by Gasteiger charge is 2.48. The van der Waals surface area contributed by atoms with Crippen LogP contribution in [-0.2, 0) is 11.2 Å². The molecule has 1 aromatic heterocycles. The van der Waals surface area contributed by atoms with Crippen LogP contribution in [-0.4, -0.2) is 34.0 Å². The number of carbonyl (C=O) groups excluding carboxylic acids is 1. The lowest BCUT2D eigenvalue weighted by Gasteiger charge is -2.33. The molecular formula is C14H19NO3S. The number of hydrogen-bond donors (Lipinski definition) is 1. The molecule has 19 heavy (non-hydrogen) atoms. The van der Waals surface area contributed by atoms with Crippen LogP contribution < -0.4 is 0 Å². The van der Waals surface area contributed by atoms with Crippen molar-refractivity contribution >= 4 is 23.2 Å². The Balaban J connectivity index is 2.29. The van der Waals surface area contributed by atoms with E-state index < -0.39 is 11.5 Å². The van der Waals surface area contributed by atoms with E-state index in [0.29, 0.717) is 24.3 Å². The van der Waals surface area contributed by atoms with E-state index in [-0.39, 0.29) is 5.91 Å². The zero-order valence-electron chi connectivity index (χ0n) is 11.3. The van der Waals surface area contributed by atoms with Crippen molar-refractivity contribution in [3.8, 4) is 0 Å². The molecule has 0 bridgehead atoms. The zero-order valence-corrected chi connectivity index (χ0v) is 12.1. The Hall–Kier alpha value is -1.36. The SMILES string of the molecule is CCc1ccc(C(=O)N2CCCC2(CC)C(=O)O)s1. The highest BCUT2D eigenvalue weighted by atomic mass is 32.1. The fourth-order valence-electron chi connectivity index (χ4n) is 2.73. The van der Waals surface area contributed by atoms with E-state index in [1.165, 1.54) is 11.3 Å². The predicted molar refractivity (Wildman–Crippen MR) is 74.6 cm³/mol. The second-order valence-corrected chi connectivity index (χ2v) is 6.04. The van der Waals surface area contributed by atoms with Crippen molar-refractivity contribution < 1.29 is 14.7 Å². The number of carbonyl (C=O) groups is 2. The lowest BCUT2D eigenvalue weighted by atomic mass is 9.93. The number of aryl methyl sites for hydroxylation is 1. The van der Waals surface area contributed by atoms with E-state index >= 15 is 0 Å². The van der Waals surface area contributed by atoms with Gasteiger partial charge in [-0.05, 0) is 37.8 Å². The molecule has 0 radical (unpaired) electrons. The molecule has 5 heteroatoms. The first kappa shape index (κ1) is 14.1. The van der Waals surface area contributed by atoms with Gasteiger partial charge in [0.15, 0.2) is 0 Å². The molecule has 1 aromatic rings. The Bertz CT molecular complexity index is 497. The normalized spacial score (nSPS) is 22.7. The maximum absolute atomic E-state index is 12.5. The van der Waals surface area contributed by atoms with Crippen LogP contribution in [0.2, 0.25) is 0 Å². The van der Waals surface area contributed by atoms with Crippen LogP contribution >= 0.6 is 11.3 Å². The summed E-state index contributed by atoms with van der Waals surface area (Å²) in [6, 6.07) is 3.76. The monoisotopic (exact) mass is 281 g/mol. The van der Waals surface area contributed by atoms with Crippen LogP contribution in [0.5, 0.6) is 0 Å². The van der Waals surface area contributed by atoms with Gasteiger partial charge < -0.3 is 10.0 Å². The number of nitrogens with zero attached hydrogens (tertiary/aromatic N) is 1. The van der Waals surface area contributed by atoms with Gasteiger partial charge in [-0.2, -0.15) is 0 Å². The molecule has 0 aliphatic carbocycles. The minimum atomic E-state index is -1.01. The molecule has 1 aliphatic rings. The molecule has 1 aliphatic heterocycles. The molecule has 1 unspecified atom stereocenters. The van der Waals surface area contributed by atoms with Gasteiger partial charge in [0.1, 0.15) is 5.54 Å². The zero-order chi connectivity index (χ0) is 14.0. The van der Waals surface area contributed by atoms with Crippen LogP contribution in [0.4, 0.5) is 0 Å². The maximum atomic E-state index is 12.5. The second-order valence-electron chi connectivity index (χ2n) is 4.87. The molecule has 1 atom stereocenters. The maximum Gasteiger partial charge on any atom is 0.329 e. The van der Waals surface area contributed by atoms with Crippen molar-refractivity contribution in [2.75, 3.05) is 6.54 Å². The minimum absolute atomic E-state index is 0.133. The Labute approximate surface area is 117 Å².